The summed E-state index contributed by atoms with van der Waals surface area (Å²) in [5.74, 6) is -0.673. The zero-order valence-electron chi connectivity index (χ0n) is 8.43. The van der Waals surface area contributed by atoms with Crippen molar-refractivity contribution in [3.8, 4) is 0 Å². The van der Waals surface area contributed by atoms with Gasteiger partial charge >= 0.3 is 5.97 Å². The summed E-state index contributed by atoms with van der Waals surface area (Å²) in [6.45, 7) is 1.93. The molecule has 1 aromatic rings. The van der Waals surface area contributed by atoms with Gasteiger partial charge in [0, 0.05) is 6.42 Å². The molecule has 1 rings (SSSR count). The number of hydrogen-bond donors (Lipinski definition) is 1. The lowest BCUT2D eigenvalue weighted by Crippen LogP contribution is -2.34. The van der Waals surface area contributed by atoms with Crippen LogP contribution in [0.2, 0.25) is 0 Å². The molecule has 0 aliphatic rings. The Kier molecular flexibility index (Phi) is 4.05. The number of carbonyl (C=O) groups is 2. The standard InChI is InChI=1S/C10H13NO4/c1-2-14-10(13)7(11)6-8(12)9-4-3-5-15-9/h3-5,7H,2,6,11H2,1H3. The van der Waals surface area contributed by atoms with Crippen LogP contribution < -0.4 is 5.73 Å². The van der Waals surface area contributed by atoms with E-state index in [-0.39, 0.29) is 24.6 Å². The van der Waals surface area contributed by atoms with E-state index in [2.05, 4.69) is 4.74 Å². The van der Waals surface area contributed by atoms with Crippen molar-refractivity contribution < 1.29 is 18.7 Å². The molecule has 0 fully saturated rings. The third kappa shape index (κ3) is 3.21. The minimum Gasteiger partial charge on any atom is -0.465 e. The molecule has 0 aliphatic heterocycles. The van der Waals surface area contributed by atoms with Gasteiger partial charge in [-0.15, -0.1) is 0 Å². The van der Waals surface area contributed by atoms with Crippen LogP contribution in [0.25, 0.3) is 0 Å². The van der Waals surface area contributed by atoms with Gasteiger partial charge in [-0.25, -0.2) is 0 Å². The summed E-state index contributed by atoms with van der Waals surface area (Å²) in [6, 6.07) is 2.20. The number of esters is 1. The van der Waals surface area contributed by atoms with Gasteiger partial charge in [-0.2, -0.15) is 0 Å². The molecule has 0 bridgehead atoms. The van der Waals surface area contributed by atoms with Gasteiger partial charge in [-0.05, 0) is 19.1 Å². The molecule has 0 saturated heterocycles. The van der Waals surface area contributed by atoms with Crippen LogP contribution in [-0.2, 0) is 9.53 Å². The molecule has 0 saturated carbocycles. The highest BCUT2D eigenvalue weighted by Gasteiger charge is 2.20. The predicted molar refractivity (Wildman–Crippen MR) is 52.3 cm³/mol. The van der Waals surface area contributed by atoms with Gasteiger partial charge in [0.2, 0.25) is 0 Å². The van der Waals surface area contributed by atoms with E-state index in [1.54, 1.807) is 13.0 Å². The fraction of sp³-hybridized carbons (Fsp3) is 0.400. The van der Waals surface area contributed by atoms with Crippen LogP contribution >= 0.6 is 0 Å². The van der Waals surface area contributed by atoms with E-state index < -0.39 is 12.0 Å². The molecule has 5 nitrogen and oxygen atoms in total. The van der Waals surface area contributed by atoms with Crippen molar-refractivity contribution in [2.45, 2.75) is 19.4 Å². The van der Waals surface area contributed by atoms with Crippen molar-refractivity contribution in [3.63, 3.8) is 0 Å². The van der Waals surface area contributed by atoms with Gasteiger partial charge in [0.05, 0.1) is 12.9 Å². The molecule has 0 radical (unpaired) electrons. The summed E-state index contributed by atoms with van der Waals surface area (Å²) in [4.78, 5) is 22.6. The van der Waals surface area contributed by atoms with Crippen molar-refractivity contribution in [2.24, 2.45) is 5.73 Å². The predicted octanol–water partition coefficient (Wildman–Crippen LogP) is 0.743. The largest absolute Gasteiger partial charge is 0.465 e. The summed E-state index contributed by atoms with van der Waals surface area (Å²) in [5, 5.41) is 0. The molecule has 82 valence electrons. The maximum Gasteiger partial charge on any atom is 0.323 e. The Balaban J connectivity index is 2.48. The number of ketones is 1. The molecule has 0 aliphatic carbocycles. The van der Waals surface area contributed by atoms with Gasteiger partial charge < -0.3 is 14.9 Å². The van der Waals surface area contributed by atoms with E-state index in [0.29, 0.717) is 0 Å². The van der Waals surface area contributed by atoms with Crippen molar-refractivity contribution in [1.82, 2.24) is 0 Å². The van der Waals surface area contributed by atoms with Crippen LogP contribution in [-0.4, -0.2) is 24.4 Å². The quantitative estimate of drug-likeness (QED) is 0.573. The van der Waals surface area contributed by atoms with E-state index >= 15 is 0 Å². The average Bonchev–Trinajstić information content (AvgIpc) is 2.70. The van der Waals surface area contributed by atoms with Crippen LogP contribution in [0.3, 0.4) is 0 Å². The number of Topliss-reactive ketones (excluding diaryl/α,β-unsaturated/α-hetero) is 1. The second-order valence-corrected chi connectivity index (χ2v) is 2.96. The molecular weight excluding hydrogens is 198 g/mol. The Labute approximate surface area is 87.2 Å². The highest BCUT2D eigenvalue weighted by molar-refractivity contribution is 5.96. The minimum absolute atomic E-state index is 0.105. The molecule has 1 atom stereocenters. The topological polar surface area (TPSA) is 82.5 Å². The maximum atomic E-state index is 11.4. The van der Waals surface area contributed by atoms with Gasteiger partial charge in [-0.3, -0.25) is 9.59 Å². The van der Waals surface area contributed by atoms with E-state index in [1.165, 1.54) is 12.3 Å². The molecule has 0 aromatic carbocycles. The number of nitrogens with two attached hydrogens (primary N) is 1. The molecule has 1 heterocycles. The van der Waals surface area contributed by atoms with E-state index in [0.717, 1.165) is 0 Å². The average molecular weight is 211 g/mol. The second-order valence-electron chi connectivity index (χ2n) is 2.96. The lowest BCUT2D eigenvalue weighted by atomic mass is 10.1. The molecule has 1 unspecified atom stereocenters. The molecule has 0 spiro atoms. The molecular formula is C10H13NO4. The Bertz CT molecular complexity index is 331. The van der Waals surface area contributed by atoms with Gasteiger partial charge in [0.25, 0.3) is 0 Å². The summed E-state index contributed by atoms with van der Waals surface area (Å²) < 4.78 is 9.55. The summed E-state index contributed by atoms with van der Waals surface area (Å²) in [7, 11) is 0. The van der Waals surface area contributed by atoms with E-state index in [4.69, 9.17) is 10.2 Å². The summed E-state index contributed by atoms with van der Waals surface area (Å²) in [5.41, 5.74) is 5.47. The smallest absolute Gasteiger partial charge is 0.323 e. The van der Waals surface area contributed by atoms with Gasteiger partial charge in [0.1, 0.15) is 6.04 Å². The monoisotopic (exact) mass is 211 g/mol. The second kappa shape index (κ2) is 5.31. The number of ether oxygens (including phenoxy) is 1. The van der Waals surface area contributed by atoms with Crippen LogP contribution in [0.15, 0.2) is 22.8 Å². The first-order valence-electron chi connectivity index (χ1n) is 4.64. The van der Waals surface area contributed by atoms with Gasteiger partial charge in [0.15, 0.2) is 11.5 Å². The number of carbonyl (C=O) groups excluding carboxylic acids is 2. The van der Waals surface area contributed by atoms with Gasteiger partial charge in [-0.1, -0.05) is 0 Å². The molecule has 2 N–H and O–H groups in total. The highest BCUT2D eigenvalue weighted by Crippen LogP contribution is 2.06. The lowest BCUT2D eigenvalue weighted by molar-refractivity contribution is -0.144. The van der Waals surface area contributed by atoms with Crippen LogP contribution in [0.5, 0.6) is 0 Å². The minimum atomic E-state index is -0.928. The Morgan fingerprint density at radius 3 is 2.87 bits per heavy atom. The normalized spacial score (nSPS) is 12.1. The zero-order valence-corrected chi connectivity index (χ0v) is 8.43. The molecule has 5 heteroatoms. The lowest BCUT2D eigenvalue weighted by Gasteiger charge is -2.08. The third-order valence-electron chi connectivity index (χ3n) is 1.79. The molecule has 1 aromatic heterocycles. The van der Waals surface area contributed by atoms with Crippen molar-refractivity contribution in [2.75, 3.05) is 6.61 Å². The Morgan fingerprint density at radius 2 is 2.33 bits per heavy atom. The Hall–Kier alpha value is -1.62. The fourth-order valence-electron chi connectivity index (χ4n) is 1.07. The zero-order chi connectivity index (χ0) is 11.3. The third-order valence-corrected chi connectivity index (χ3v) is 1.79. The molecule has 0 amide bonds. The Morgan fingerprint density at radius 1 is 1.60 bits per heavy atom. The molecule has 15 heavy (non-hydrogen) atoms. The number of hydrogen-bond acceptors (Lipinski definition) is 5. The fourth-order valence-corrected chi connectivity index (χ4v) is 1.07. The first-order chi connectivity index (χ1) is 7.15. The van der Waals surface area contributed by atoms with Crippen molar-refractivity contribution >= 4 is 11.8 Å². The van der Waals surface area contributed by atoms with Crippen molar-refractivity contribution in [1.29, 1.82) is 0 Å². The van der Waals surface area contributed by atoms with E-state index in [9.17, 15) is 9.59 Å². The summed E-state index contributed by atoms with van der Waals surface area (Å²) >= 11 is 0. The van der Waals surface area contributed by atoms with E-state index in [1.807, 2.05) is 0 Å². The van der Waals surface area contributed by atoms with Crippen LogP contribution in [0.1, 0.15) is 23.9 Å². The van der Waals surface area contributed by atoms with Crippen LogP contribution in [0.4, 0.5) is 0 Å². The SMILES string of the molecule is CCOC(=O)C(N)CC(=O)c1ccco1. The maximum absolute atomic E-state index is 11.4. The highest BCUT2D eigenvalue weighted by atomic mass is 16.5. The van der Waals surface area contributed by atoms with Crippen molar-refractivity contribution in [3.05, 3.63) is 24.2 Å². The number of furan rings is 1. The first kappa shape index (κ1) is 11.5. The number of rotatable bonds is 5. The summed E-state index contributed by atoms with van der Waals surface area (Å²) in [6.07, 6.45) is 1.29. The van der Waals surface area contributed by atoms with Crippen LogP contribution in [0, 0.1) is 0 Å². The first-order valence-corrected chi connectivity index (χ1v) is 4.64.